The molecular weight excluding hydrogens is 707 g/mol. The summed E-state index contributed by atoms with van der Waals surface area (Å²) >= 11 is 0. The number of allylic oxidation sites excluding steroid dienone is 1. The van der Waals surface area contributed by atoms with Crippen molar-refractivity contribution in [2.24, 2.45) is 7.05 Å². The third kappa shape index (κ3) is 7.34. The molecule has 0 spiro atoms. The van der Waals surface area contributed by atoms with Gasteiger partial charge in [0.2, 0.25) is 5.91 Å². The van der Waals surface area contributed by atoms with Gasteiger partial charge in [0, 0.05) is 42.1 Å². The van der Waals surface area contributed by atoms with Crippen LogP contribution in [0.15, 0.2) is 55.1 Å². The number of benzene rings is 2. The lowest BCUT2D eigenvalue weighted by atomic mass is 9.93. The fourth-order valence-corrected chi connectivity index (χ4v) is 6.63. The minimum absolute atomic E-state index is 0.0178. The summed E-state index contributed by atoms with van der Waals surface area (Å²) in [4.78, 5) is 18.5. The summed E-state index contributed by atoms with van der Waals surface area (Å²) in [5.41, 5.74) is 3.38. The average molecular weight is 740 g/mol. The summed E-state index contributed by atoms with van der Waals surface area (Å²) in [7, 11) is 1.52. The highest BCUT2D eigenvalue weighted by atomic mass is 19.3. The smallest absolute Gasteiger partial charge is 0.290 e. The molecule has 1 aliphatic rings. The zero-order valence-electron chi connectivity index (χ0n) is 28.5. The van der Waals surface area contributed by atoms with Crippen molar-refractivity contribution in [2.75, 3.05) is 5.73 Å². The number of nitrogens with one attached hydrogen (secondary N) is 1. The third-order valence-corrected chi connectivity index (χ3v) is 8.70. The molecule has 0 aliphatic heterocycles. The standard InChI is InChI=1S/C37H32F7N7O2/c1-5-19-16-37(43,44)33-28(19)31(34(41)42)48-51(33)17-27(52)47-26(14-18-12-20(38)15-21(39)13-18)30-23(7-6-22(46-30)10-11-36(2,3)53)24-8-9-25(40)29-32(24)50(4)49-35(29)45/h5-9,12-13,15,19,26,34,53H,1,14,16-17H2,2-4H3,(H2,45,49)(H,47,52)/t19-,26-/m0/s1. The van der Waals surface area contributed by atoms with Gasteiger partial charge in [-0.3, -0.25) is 14.2 Å². The minimum Gasteiger partial charge on any atom is -0.382 e. The summed E-state index contributed by atoms with van der Waals surface area (Å²) in [5.74, 6) is -3.04. The molecular formula is C37H32F7N7O2. The molecule has 0 radical (unpaired) electrons. The summed E-state index contributed by atoms with van der Waals surface area (Å²) in [6.45, 7) is 5.41. The summed E-state index contributed by atoms with van der Waals surface area (Å²) < 4.78 is 104. The number of nitrogens with two attached hydrogens (primary N) is 1. The number of alkyl halides is 4. The number of carbonyl (C=O) groups is 1. The number of aryl methyl sites for hydroxylation is 1. The van der Waals surface area contributed by atoms with E-state index in [2.05, 4.69) is 38.9 Å². The van der Waals surface area contributed by atoms with Crippen molar-refractivity contribution in [1.82, 2.24) is 29.9 Å². The topological polar surface area (TPSA) is 124 Å². The van der Waals surface area contributed by atoms with Crippen LogP contribution in [0.25, 0.3) is 22.0 Å². The number of nitrogen functional groups attached to an aromatic ring is 1. The van der Waals surface area contributed by atoms with Gasteiger partial charge in [-0.2, -0.15) is 19.0 Å². The number of fused-ring (bicyclic) bond motifs is 2. The van der Waals surface area contributed by atoms with Crippen LogP contribution in [0.1, 0.15) is 72.6 Å². The molecule has 9 nitrogen and oxygen atoms in total. The molecule has 5 aromatic rings. The van der Waals surface area contributed by atoms with Gasteiger partial charge in [0.25, 0.3) is 12.3 Å². The molecule has 16 heteroatoms. The molecule has 1 aliphatic carbocycles. The van der Waals surface area contributed by atoms with E-state index in [1.165, 1.54) is 37.7 Å². The lowest BCUT2D eigenvalue weighted by molar-refractivity contribution is -0.122. The van der Waals surface area contributed by atoms with Crippen LogP contribution in [0.3, 0.4) is 0 Å². The van der Waals surface area contributed by atoms with Crippen LogP contribution in [0.4, 0.5) is 36.6 Å². The van der Waals surface area contributed by atoms with Gasteiger partial charge in [-0.15, -0.1) is 6.58 Å². The maximum Gasteiger partial charge on any atom is 0.290 e. The molecule has 1 amide bonds. The van der Waals surface area contributed by atoms with Crippen molar-refractivity contribution in [1.29, 1.82) is 0 Å². The van der Waals surface area contributed by atoms with Crippen LogP contribution in [-0.2, 0) is 30.7 Å². The zero-order chi connectivity index (χ0) is 38.6. The number of hydrogen-bond donors (Lipinski definition) is 3. The molecule has 6 rings (SSSR count). The number of pyridine rings is 1. The highest BCUT2D eigenvalue weighted by Crippen LogP contribution is 2.51. The molecule has 276 valence electrons. The summed E-state index contributed by atoms with van der Waals surface area (Å²) in [5, 5.41) is 20.7. The van der Waals surface area contributed by atoms with Gasteiger partial charge in [-0.05, 0) is 68.2 Å². The molecule has 0 bridgehead atoms. The molecule has 53 heavy (non-hydrogen) atoms. The van der Waals surface area contributed by atoms with Crippen molar-refractivity contribution in [3.63, 3.8) is 0 Å². The van der Waals surface area contributed by atoms with Crippen LogP contribution in [0.5, 0.6) is 0 Å². The first-order valence-electron chi connectivity index (χ1n) is 16.2. The quantitative estimate of drug-likeness (QED) is 0.0873. The van der Waals surface area contributed by atoms with Crippen LogP contribution in [0, 0.1) is 29.3 Å². The summed E-state index contributed by atoms with van der Waals surface area (Å²) in [6.07, 6.45) is -3.28. The molecule has 0 saturated carbocycles. The fourth-order valence-electron chi connectivity index (χ4n) is 6.63. The third-order valence-electron chi connectivity index (χ3n) is 8.70. The SMILES string of the molecule is C=C[C@H]1CC(F)(F)c2c1c(C(F)F)nn2CC(=O)N[C@@H](Cc1cc(F)cc(F)c1)c1nc(C#CC(C)(C)O)ccc1-c1ccc(F)c2c(N)nn(C)c12. The summed E-state index contributed by atoms with van der Waals surface area (Å²) in [6, 6.07) is 6.96. The van der Waals surface area contributed by atoms with Gasteiger partial charge in [-0.25, -0.2) is 26.9 Å². The fraction of sp³-hybridized carbons (Fsp3) is 0.297. The lowest BCUT2D eigenvalue weighted by Gasteiger charge is -2.23. The van der Waals surface area contributed by atoms with E-state index in [0.717, 1.165) is 24.3 Å². The van der Waals surface area contributed by atoms with Crippen molar-refractivity contribution in [3.8, 4) is 23.0 Å². The van der Waals surface area contributed by atoms with Gasteiger partial charge in [-0.1, -0.05) is 12.0 Å². The highest BCUT2D eigenvalue weighted by molar-refractivity contribution is 6.00. The number of anilines is 1. The van der Waals surface area contributed by atoms with E-state index in [4.69, 9.17) is 5.73 Å². The predicted octanol–water partition coefficient (Wildman–Crippen LogP) is 6.76. The number of amides is 1. The normalized spacial score (nSPS) is 15.7. The van der Waals surface area contributed by atoms with Crippen molar-refractivity contribution >= 4 is 22.6 Å². The number of aromatic nitrogens is 5. The van der Waals surface area contributed by atoms with Crippen molar-refractivity contribution in [2.45, 2.75) is 63.1 Å². The Labute approximate surface area is 298 Å². The van der Waals surface area contributed by atoms with Gasteiger partial charge in [0.05, 0.1) is 22.6 Å². The number of aliphatic hydroxyl groups is 1. The number of halogens is 7. The molecule has 3 heterocycles. The lowest BCUT2D eigenvalue weighted by Crippen LogP contribution is -2.35. The molecule has 4 N–H and O–H groups in total. The Hall–Kier alpha value is -5.69. The van der Waals surface area contributed by atoms with E-state index < -0.39 is 83.2 Å². The second kappa shape index (κ2) is 13.7. The molecule has 2 atom stereocenters. The Morgan fingerprint density at radius 3 is 2.43 bits per heavy atom. The Bertz CT molecular complexity index is 2310. The van der Waals surface area contributed by atoms with Crippen LogP contribution in [0.2, 0.25) is 0 Å². The Morgan fingerprint density at radius 1 is 1.11 bits per heavy atom. The molecule has 2 aromatic carbocycles. The van der Waals surface area contributed by atoms with Crippen LogP contribution >= 0.6 is 0 Å². The van der Waals surface area contributed by atoms with E-state index in [1.807, 2.05) is 0 Å². The second-order valence-corrected chi connectivity index (χ2v) is 13.2. The minimum atomic E-state index is -3.62. The first kappa shape index (κ1) is 37.1. The second-order valence-electron chi connectivity index (χ2n) is 13.2. The Balaban J connectivity index is 1.52. The van der Waals surface area contributed by atoms with E-state index in [0.29, 0.717) is 16.3 Å². The van der Waals surface area contributed by atoms with Crippen LogP contribution < -0.4 is 11.1 Å². The van der Waals surface area contributed by atoms with E-state index in [9.17, 15) is 27.5 Å². The number of carbonyl (C=O) groups excluding carboxylic acids is 1. The number of nitrogens with zero attached hydrogens (tertiary/aromatic N) is 5. The first-order chi connectivity index (χ1) is 24.9. The number of rotatable bonds is 9. The number of hydrogen-bond acceptors (Lipinski definition) is 6. The van der Waals surface area contributed by atoms with Gasteiger partial charge < -0.3 is 16.2 Å². The maximum atomic E-state index is 15.2. The predicted molar refractivity (Wildman–Crippen MR) is 181 cm³/mol. The first-order valence-corrected chi connectivity index (χ1v) is 16.2. The van der Waals surface area contributed by atoms with Crippen molar-refractivity contribution in [3.05, 3.63) is 106 Å². The maximum absolute atomic E-state index is 15.2. The monoisotopic (exact) mass is 739 g/mol. The Kier molecular flexibility index (Phi) is 9.58. The van der Waals surface area contributed by atoms with Gasteiger partial charge in [0.1, 0.15) is 46.7 Å². The zero-order valence-corrected chi connectivity index (χ0v) is 28.5. The Morgan fingerprint density at radius 2 is 1.79 bits per heavy atom. The van der Waals surface area contributed by atoms with E-state index in [-0.39, 0.29) is 45.7 Å². The molecule has 0 saturated heterocycles. The molecule has 0 fully saturated rings. The van der Waals surface area contributed by atoms with E-state index >= 15 is 13.2 Å². The molecule has 0 unspecified atom stereocenters. The van der Waals surface area contributed by atoms with E-state index in [1.54, 1.807) is 6.07 Å². The average Bonchev–Trinajstić information content (AvgIpc) is 3.68. The van der Waals surface area contributed by atoms with Crippen molar-refractivity contribution < 1.29 is 40.6 Å². The van der Waals surface area contributed by atoms with Gasteiger partial charge in [0.15, 0.2) is 5.82 Å². The van der Waals surface area contributed by atoms with Crippen LogP contribution in [-0.4, -0.2) is 41.2 Å². The van der Waals surface area contributed by atoms with Gasteiger partial charge >= 0.3 is 0 Å². The highest BCUT2D eigenvalue weighted by Gasteiger charge is 2.50. The molecule has 3 aromatic heterocycles. The largest absolute Gasteiger partial charge is 0.382 e.